The van der Waals surface area contributed by atoms with E-state index in [-0.39, 0.29) is 11.9 Å². The Bertz CT molecular complexity index is 1250. The van der Waals surface area contributed by atoms with Crippen molar-refractivity contribution >= 4 is 27.8 Å². The van der Waals surface area contributed by atoms with Gasteiger partial charge in [0.05, 0.1) is 12.5 Å². The van der Waals surface area contributed by atoms with E-state index < -0.39 is 0 Å². The molecule has 0 aliphatic carbocycles. The van der Waals surface area contributed by atoms with Crippen LogP contribution in [0.15, 0.2) is 66.7 Å². The molecule has 3 heteroatoms. The molecule has 3 nitrogen and oxygen atoms in total. The fourth-order valence-electron chi connectivity index (χ4n) is 5.14. The minimum absolute atomic E-state index is 0.0671. The number of hydrogen-bond donors (Lipinski definition) is 0. The molecule has 3 aromatic carbocycles. The largest absolute Gasteiger partial charge is 0.465 e. The van der Waals surface area contributed by atoms with Crippen LogP contribution in [0.5, 0.6) is 0 Å². The van der Waals surface area contributed by atoms with E-state index in [1.807, 2.05) is 6.92 Å². The number of para-hydroxylation sites is 1. The summed E-state index contributed by atoms with van der Waals surface area (Å²) in [4.78, 5) is 12.4. The molecular weight excluding hydrogens is 418 g/mol. The lowest BCUT2D eigenvalue weighted by molar-refractivity contribution is -0.148. The zero-order valence-corrected chi connectivity index (χ0v) is 21.0. The van der Waals surface area contributed by atoms with E-state index in [4.69, 9.17) is 4.74 Å². The van der Waals surface area contributed by atoms with E-state index in [1.54, 1.807) is 0 Å². The third-order valence-corrected chi connectivity index (χ3v) is 7.08. The van der Waals surface area contributed by atoms with E-state index in [0.717, 1.165) is 32.2 Å². The fraction of sp³-hybridized carbons (Fsp3) is 0.387. The van der Waals surface area contributed by atoms with Gasteiger partial charge in [0.15, 0.2) is 0 Å². The molecule has 0 N–H and O–H groups in total. The molecule has 0 aliphatic heterocycles. The topological polar surface area (TPSA) is 31.2 Å². The second-order valence-corrected chi connectivity index (χ2v) is 9.35. The van der Waals surface area contributed by atoms with Crippen molar-refractivity contribution in [1.29, 1.82) is 0 Å². The van der Waals surface area contributed by atoms with Gasteiger partial charge in [-0.1, -0.05) is 81.8 Å². The first-order valence-corrected chi connectivity index (χ1v) is 12.9. The maximum atomic E-state index is 12.4. The van der Waals surface area contributed by atoms with Gasteiger partial charge in [-0.05, 0) is 60.9 Å². The Balaban J connectivity index is 1.61. The summed E-state index contributed by atoms with van der Waals surface area (Å²) in [7, 11) is 0. The number of nitrogens with zero attached hydrogens (tertiary/aromatic N) is 1. The highest BCUT2D eigenvalue weighted by Gasteiger charge is 2.21. The molecule has 0 radical (unpaired) electrons. The van der Waals surface area contributed by atoms with Crippen LogP contribution in [-0.2, 0) is 16.1 Å². The second kappa shape index (κ2) is 10.9. The van der Waals surface area contributed by atoms with Crippen LogP contribution in [0, 0.1) is 5.92 Å². The third kappa shape index (κ3) is 4.75. The SMILES string of the molecule is CCCCOC(=O)C(C)CC(CC)c1ccc(-c2cccc3c2c2ccccc2n3CC)cc1. The summed E-state index contributed by atoms with van der Waals surface area (Å²) >= 11 is 0. The van der Waals surface area contributed by atoms with Crippen molar-refractivity contribution in [2.24, 2.45) is 5.92 Å². The molecule has 0 saturated heterocycles. The van der Waals surface area contributed by atoms with E-state index in [9.17, 15) is 4.79 Å². The Morgan fingerprint density at radius 3 is 2.35 bits per heavy atom. The van der Waals surface area contributed by atoms with Crippen molar-refractivity contribution in [3.8, 4) is 11.1 Å². The minimum atomic E-state index is -0.0876. The molecule has 2 unspecified atom stereocenters. The number of aryl methyl sites for hydroxylation is 1. The van der Waals surface area contributed by atoms with Crippen LogP contribution in [0.2, 0.25) is 0 Å². The highest BCUT2D eigenvalue weighted by molar-refractivity contribution is 6.14. The van der Waals surface area contributed by atoms with Gasteiger partial charge in [-0.15, -0.1) is 0 Å². The van der Waals surface area contributed by atoms with Crippen LogP contribution in [0.3, 0.4) is 0 Å². The summed E-state index contributed by atoms with van der Waals surface area (Å²) in [6.45, 7) is 9.99. The molecule has 0 amide bonds. The van der Waals surface area contributed by atoms with Crippen molar-refractivity contribution in [2.75, 3.05) is 6.61 Å². The lowest BCUT2D eigenvalue weighted by Gasteiger charge is -2.20. The van der Waals surface area contributed by atoms with Gasteiger partial charge >= 0.3 is 5.97 Å². The molecule has 0 fully saturated rings. The van der Waals surface area contributed by atoms with Crippen LogP contribution < -0.4 is 0 Å². The molecule has 34 heavy (non-hydrogen) atoms. The maximum absolute atomic E-state index is 12.4. The zero-order valence-electron chi connectivity index (χ0n) is 21.0. The molecule has 1 heterocycles. The first kappa shape index (κ1) is 24.1. The van der Waals surface area contributed by atoms with Crippen LogP contribution in [0.1, 0.15) is 64.9 Å². The predicted molar refractivity (Wildman–Crippen MR) is 143 cm³/mol. The van der Waals surface area contributed by atoms with E-state index in [0.29, 0.717) is 12.5 Å². The van der Waals surface area contributed by atoms with Gasteiger partial charge in [-0.2, -0.15) is 0 Å². The van der Waals surface area contributed by atoms with Crippen molar-refractivity contribution in [3.63, 3.8) is 0 Å². The van der Waals surface area contributed by atoms with Crippen LogP contribution in [-0.4, -0.2) is 17.1 Å². The van der Waals surface area contributed by atoms with Gasteiger partial charge in [0.2, 0.25) is 0 Å². The monoisotopic (exact) mass is 455 g/mol. The molecule has 1 aromatic heterocycles. The normalized spacial score (nSPS) is 13.3. The van der Waals surface area contributed by atoms with Gasteiger partial charge in [0.1, 0.15) is 0 Å². The van der Waals surface area contributed by atoms with Gasteiger partial charge in [0.25, 0.3) is 0 Å². The number of carbonyl (C=O) groups is 1. The van der Waals surface area contributed by atoms with Gasteiger partial charge in [0, 0.05) is 28.4 Å². The number of carbonyl (C=O) groups excluding carboxylic acids is 1. The molecule has 0 spiro atoms. The summed E-state index contributed by atoms with van der Waals surface area (Å²) in [5.74, 6) is 0.193. The standard InChI is InChI=1S/C31H37NO2/c1-5-8-20-34-31(33)22(4)21-23(6-2)24-16-18-25(19-17-24)26-13-11-15-29-30(26)27-12-9-10-14-28(27)32(29)7-3/h9-19,22-23H,5-8,20-21H2,1-4H3. The Morgan fingerprint density at radius 2 is 1.65 bits per heavy atom. The smallest absolute Gasteiger partial charge is 0.308 e. The summed E-state index contributed by atoms with van der Waals surface area (Å²) in [6.07, 6.45) is 3.80. The summed E-state index contributed by atoms with van der Waals surface area (Å²) in [6, 6.07) is 24.3. The van der Waals surface area contributed by atoms with E-state index in [1.165, 1.54) is 38.5 Å². The van der Waals surface area contributed by atoms with Crippen LogP contribution >= 0.6 is 0 Å². The third-order valence-electron chi connectivity index (χ3n) is 7.08. The van der Waals surface area contributed by atoms with Crippen molar-refractivity contribution < 1.29 is 9.53 Å². The molecule has 0 aliphatic rings. The summed E-state index contributed by atoms with van der Waals surface area (Å²) in [5.41, 5.74) is 6.37. The van der Waals surface area contributed by atoms with Gasteiger partial charge < -0.3 is 9.30 Å². The first-order valence-electron chi connectivity index (χ1n) is 12.9. The fourth-order valence-corrected chi connectivity index (χ4v) is 5.14. The zero-order chi connectivity index (χ0) is 24.1. The van der Waals surface area contributed by atoms with E-state index in [2.05, 4.69) is 92.1 Å². The Hall–Kier alpha value is -3.07. The van der Waals surface area contributed by atoms with Crippen LogP contribution in [0.4, 0.5) is 0 Å². The molecular formula is C31H37NO2. The second-order valence-electron chi connectivity index (χ2n) is 9.35. The quantitative estimate of drug-likeness (QED) is 0.178. The first-order chi connectivity index (χ1) is 16.6. The lowest BCUT2D eigenvalue weighted by Crippen LogP contribution is -2.18. The van der Waals surface area contributed by atoms with Gasteiger partial charge in [-0.3, -0.25) is 4.79 Å². The van der Waals surface area contributed by atoms with Crippen molar-refractivity contribution in [1.82, 2.24) is 4.57 Å². The Kier molecular flexibility index (Phi) is 7.72. The number of aromatic nitrogens is 1. The number of rotatable bonds is 10. The average Bonchev–Trinajstić information content (AvgIpc) is 3.21. The molecule has 2 atom stereocenters. The number of fused-ring (bicyclic) bond motifs is 3. The number of esters is 1. The molecule has 0 bridgehead atoms. The number of hydrogen-bond acceptors (Lipinski definition) is 2. The number of ether oxygens (including phenoxy) is 1. The highest BCUT2D eigenvalue weighted by atomic mass is 16.5. The Labute approximate surface area is 203 Å². The predicted octanol–water partition coefficient (Wildman–Crippen LogP) is 8.34. The summed E-state index contributed by atoms with van der Waals surface area (Å²) in [5, 5.41) is 2.63. The molecule has 0 saturated carbocycles. The van der Waals surface area contributed by atoms with Crippen molar-refractivity contribution in [2.45, 2.75) is 65.8 Å². The minimum Gasteiger partial charge on any atom is -0.465 e. The Morgan fingerprint density at radius 1 is 0.912 bits per heavy atom. The van der Waals surface area contributed by atoms with E-state index >= 15 is 0 Å². The highest BCUT2D eigenvalue weighted by Crippen LogP contribution is 2.37. The van der Waals surface area contributed by atoms with Crippen LogP contribution in [0.25, 0.3) is 32.9 Å². The average molecular weight is 456 g/mol. The molecule has 4 aromatic rings. The lowest BCUT2D eigenvalue weighted by atomic mass is 9.86. The molecule has 178 valence electrons. The molecule has 4 rings (SSSR count). The summed E-state index contributed by atoms with van der Waals surface area (Å²) < 4.78 is 7.85. The number of unbranched alkanes of at least 4 members (excludes halogenated alkanes) is 1. The van der Waals surface area contributed by atoms with Gasteiger partial charge in [-0.25, -0.2) is 0 Å². The number of benzene rings is 3. The maximum Gasteiger partial charge on any atom is 0.308 e. The van der Waals surface area contributed by atoms with Crippen molar-refractivity contribution in [3.05, 3.63) is 72.3 Å².